The maximum Gasteiger partial charge on any atom is 0.321 e. The molecular weight excluding hydrogens is 208 g/mol. The molecule has 5 nitrogen and oxygen atoms in total. The molecule has 1 atom stereocenters. The number of hydrogen-bond donors (Lipinski definition) is 2. The Morgan fingerprint density at radius 3 is 2.44 bits per heavy atom. The Morgan fingerprint density at radius 1 is 1.25 bits per heavy atom. The van der Waals surface area contributed by atoms with Crippen molar-refractivity contribution in [3.8, 4) is 5.75 Å². The summed E-state index contributed by atoms with van der Waals surface area (Å²) < 4.78 is 5.33. The molecule has 0 aliphatic heterocycles. The lowest BCUT2D eigenvalue weighted by molar-refractivity contribution is -0.126. The topological polar surface area (TPSA) is 67.4 Å². The highest BCUT2D eigenvalue weighted by atomic mass is 16.5. The van der Waals surface area contributed by atoms with Crippen molar-refractivity contribution < 1.29 is 14.3 Å². The normalized spacial score (nSPS) is 11.4. The van der Waals surface area contributed by atoms with E-state index in [0.29, 0.717) is 5.75 Å². The van der Waals surface area contributed by atoms with Gasteiger partial charge in [-0.15, -0.1) is 0 Å². The first-order valence-corrected chi connectivity index (χ1v) is 4.87. The average molecular weight is 222 g/mol. The highest BCUT2D eigenvalue weighted by molar-refractivity contribution is 5.96. The van der Waals surface area contributed by atoms with Crippen molar-refractivity contribution in [1.29, 1.82) is 0 Å². The lowest BCUT2D eigenvalue weighted by Crippen LogP contribution is -2.43. The van der Waals surface area contributed by atoms with Gasteiger partial charge in [0.25, 0.3) is 5.91 Å². The van der Waals surface area contributed by atoms with Crippen molar-refractivity contribution >= 4 is 11.9 Å². The number of carbonyl (C=O) groups excluding carboxylic acids is 2. The summed E-state index contributed by atoms with van der Waals surface area (Å²) in [5.41, 5.74) is 0. The average Bonchev–Trinajstić information content (AvgIpc) is 2.30. The molecule has 0 spiro atoms. The fraction of sp³-hybridized carbons (Fsp3) is 0.273. The van der Waals surface area contributed by atoms with E-state index in [1.807, 2.05) is 6.07 Å². The lowest BCUT2D eigenvalue weighted by atomic mass is 10.3. The van der Waals surface area contributed by atoms with Gasteiger partial charge in [0.2, 0.25) is 0 Å². The molecule has 86 valence electrons. The van der Waals surface area contributed by atoms with Crippen LogP contribution >= 0.6 is 0 Å². The third kappa shape index (κ3) is 3.61. The molecule has 1 aromatic rings. The van der Waals surface area contributed by atoms with Crippen molar-refractivity contribution in [2.24, 2.45) is 0 Å². The first-order valence-electron chi connectivity index (χ1n) is 4.87. The lowest BCUT2D eigenvalue weighted by Gasteiger charge is -2.13. The standard InChI is InChI=1S/C11H14N2O3/c1-8(10(14)13-11(15)12-2)16-9-6-4-3-5-7-9/h3-8H,1-2H3,(H2,12,13,14,15)/t8-/m1/s1. The van der Waals surface area contributed by atoms with Crippen LogP contribution in [0.2, 0.25) is 0 Å². The molecule has 3 amide bonds. The highest BCUT2D eigenvalue weighted by Gasteiger charge is 2.16. The molecule has 5 heteroatoms. The highest BCUT2D eigenvalue weighted by Crippen LogP contribution is 2.10. The molecule has 0 radical (unpaired) electrons. The fourth-order valence-corrected chi connectivity index (χ4v) is 1.03. The minimum atomic E-state index is -0.723. The van der Waals surface area contributed by atoms with Gasteiger partial charge in [-0.2, -0.15) is 0 Å². The first kappa shape index (κ1) is 12.0. The zero-order chi connectivity index (χ0) is 12.0. The second-order valence-electron chi connectivity index (χ2n) is 3.14. The molecule has 0 heterocycles. The van der Waals surface area contributed by atoms with Crippen molar-refractivity contribution in [3.05, 3.63) is 30.3 Å². The third-order valence-corrected chi connectivity index (χ3v) is 1.89. The molecular formula is C11H14N2O3. The van der Waals surface area contributed by atoms with E-state index >= 15 is 0 Å². The van der Waals surface area contributed by atoms with Crippen molar-refractivity contribution in [2.45, 2.75) is 13.0 Å². The van der Waals surface area contributed by atoms with Crippen LogP contribution in [-0.2, 0) is 4.79 Å². The van der Waals surface area contributed by atoms with Gasteiger partial charge in [-0.25, -0.2) is 4.79 Å². The van der Waals surface area contributed by atoms with Gasteiger partial charge >= 0.3 is 6.03 Å². The second kappa shape index (κ2) is 5.75. The zero-order valence-electron chi connectivity index (χ0n) is 9.19. The van der Waals surface area contributed by atoms with Crippen LogP contribution in [0.15, 0.2) is 30.3 Å². The molecule has 0 unspecified atom stereocenters. The maximum absolute atomic E-state index is 11.4. The summed E-state index contributed by atoms with van der Waals surface area (Å²) in [5, 5.41) is 4.42. The molecule has 0 fully saturated rings. The van der Waals surface area contributed by atoms with Crippen LogP contribution < -0.4 is 15.4 Å². The third-order valence-electron chi connectivity index (χ3n) is 1.89. The van der Waals surface area contributed by atoms with Crippen LogP contribution in [0.4, 0.5) is 4.79 Å². The van der Waals surface area contributed by atoms with Gasteiger partial charge in [0.15, 0.2) is 6.10 Å². The number of imide groups is 1. The maximum atomic E-state index is 11.4. The summed E-state index contributed by atoms with van der Waals surface area (Å²) in [6.07, 6.45) is -0.723. The predicted octanol–water partition coefficient (Wildman–Crippen LogP) is 0.909. The first-order chi connectivity index (χ1) is 7.63. The Kier molecular flexibility index (Phi) is 4.32. The molecule has 0 aliphatic rings. The molecule has 0 saturated carbocycles. The minimum absolute atomic E-state index is 0.483. The monoisotopic (exact) mass is 222 g/mol. The van der Waals surface area contributed by atoms with Gasteiger partial charge in [-0.1, -0.05) is 18.2 Å². The summed E-state index contributed by atoms with van der Waals surface area (Å²) >= 11 is 0. The van der Waals surface area contributed by atoms with Gasteiger partial charge in [0.05, 0.1) is 0 Å². The number of amides is 3. The molecule has 0 aliphatic carbocycles. The van der Waals surface area contributed by atoms with Crippen LogP contribution in [0.25, 0.3) is 0 Å². The second-order valence-corrected chi connectivity index (χ2v) is 3.14. The van der Waals surface area contributed by atoms with Crippen LogP contribution in [-0.4, -0.2) is 25.1 Å². The molecule has 1 rings (SSSR count). The van der Waals surface area contributed by atoms with Gasteiger partial charge in [-0.3, -0.25) is 10.1 Å². The van der Waals surface area contributed by atoms with Crippen molar-refractivity contribution in [3.63, 3.8) is 0 Å². The summed E-state index contributed by atoms with van der Waals surface area (Å²) in [6.45, 7) is 1.57. The Bertz CT molecular complexity index is 365. The van der Waals surface area contributed by atoms with E-state index in [4.69, 9.17) is 4.74 Å². The Balaban J connectivity index is 2.49. The molecule has 16 heavy (non-hydrogen) atoms. The van der Waals surface area contributed by atoms with Crippen LogP contribution in [0.1, 0.15) is 6.92 Å². The number of para-hydroxylation sites is 1. The molecule has 0 aromatic heterocycles. The SMILES string of the molecule is CNC(=O)NC(=O)[C@@H](C)Oc1ccccc1. The van der Waals surface area contributed by atoms with E-state index in [1.54, 1.807) is 31.2 Å². The molecule has 0 bridgehead atoms. The van der Waals surface area contributed by atoms with Crippen molar-refractivity contribution in [2.75, 3.05) is 7.05 Å². The van der Waals surface area contributed by atoms with E-state index in [-0.39, 0.29) is 0 Å². The number of benzene rings is 1. The summed E-state index contributed by atoms with van der Waals surface area (Å²) in [6, 6.07) is 8.39. The molecule has 1 aromatic carbocycles. The predicted molar refractivity (Wildman–Crippen MR) is 59.1 cm³/mol. The molecule has 0 saturated heterocycles. The summed E-state index contributed by atoms with van der Waals surface area (Å²) in [7, 11) is 1.44. The smallest absolute Gasteiger partial charge is 0.321 e. The summed E-state index contributed by atoms with van der Waals surface area (Å²) in [5.74, 6) is 0.102. The number of hydrogen-bond acceptors (Lipinski definition) is 3. The van der Waals surface area contributed by atoms with Gasteiger partial charge in [0.1, 0.15) is 5.75 Å². The van der Waals surface area contributed by atoms with E-state index in [0.717, 1.165) is 0 Å². The number of ether oxygens (including phenoxy) is 1. The Labute approximate surface area is 93.8 Å². The van der Waals surface area contributed by atoms with E-state index in [2.05, 4.69) is 10.6 Å². The number of carbonyl (C=O) groups is 2. The summed E-state index contributed by atoms with van der Waals surface area (Å²) in [4.78, 5) is 22.3. The minimum Gasteiger partial charge on any atom is -0.481 e. The van der Waals surface area contributed by atoms with Crippen LogP contribution in [0, 0.1) is 0 Å². The van der Waals surface area contributed by atoms with Crippen molar-refractivity contribution in [1.82, 2.24) is 10.6 Å². The van der Waals surface area contributed by atoms with Gasteiger partial charge in [-0.05, 0) is 19.1 Å². The zero-order valence-corrected chi connectivity index (χ0v) is 9.19. The van der Waals surface area contributed by atoms with Gasteiger partial charge < -0.3 is 10.1 Å². The molecule has 2 N–H and O–H groups in total. The quantitative estimate of drug-likeness (QED) is 0.798. The van der Waals surface area contributed by atoms with Crippen LogP contribution in [0.3, 0.4) is 0 Å². The number of urea groups is 1. The number of nitrogens with one attached hydrogen (secondary N) is 2. The number of rotatable bonds is 3. The Morgan fingerprint density at radius 2 is 1.88 bits per heavy atom. The fourth-order valence-electron chi connectivity index (χ4n) is 1.03. The van der Waals surface area contributed by atoms with Crippen LogP contribution in [0.5, 0.6) is 5.75 Å². The van der Waals surface area contributed by atoms with Gasteiger partial charge in [0, 0.05) is 7.05 Å². The van der Waals surface area contributed by atoms with E-state index in [9.17, 15) is 9.59 Å². The van der Waals surface area contributed by atoms with E-state index < -0.39 is 18.0 Å². The largest absolute Gasteiger partial charge is 0.481 e. The van der Waals surface area contributed by atoms with E-state index in [1.165, 1.54) is 7.05 Å². The Hall–Kier alpha value is -2.04.